The molecule has 3 N–H and O–H groups in total. The normalized spacial score (nSPS) is 17.4. The lowest BCUT2D eigenvalue weighted by Gasteiger charge is -2.13. The minimum absolute atomic E-state index is 0.132. The number of nitrogens with one attached hydrogen (secondary N) is 1. The number of carbonyl (C=O) groups is 1. The van der Waals surface area contributed by atoms with Crippen LogP contribution in [0, 0.1) is 0 Å². The van der Waals surface area contributed by atoms with Gasteiger partial charge in [0, 0.05) is 18.3 Å². The number of nitrogens with two attached hydrogens (primary N) is 1. The quantitative estimate of drug-likeness (QED) is 0.686. The first-order chi connectivity index (χ1) is 8.18. The van der Waals surface area contributed by atoms with Gasteiger partial charge in [0.15, 0.2) is 0 Å². The molecule has 0 spiro atoms. The molecule has 0 aromatic rings. The monoisotopic (exact) mass is 256 g/mol. The minimum atomic E-state index is 0.132. The SMILES string of the molecule is CC(N)CSCC(=O)NCCC1=CCCCC1. The van der Waals surface area contributed by atoms with Gasteiger partial charge in [-0.25, -0.2) is 0 Å². The molecule has 0 saturated carbocycles. The molecule has 3 nitrogen and oxygen atoms in total. The van der Waals surface area contributed by atoms with Crippen LogP contribution in [0.5, 0.6) is 0 Å². The molecule has 0 heterocycles. The Kier molecular flexibility index (Phi) is 7.37. The van der Waals surface area contributed by atoms with Gasteiger partial charge >= 0.3 is 0 Å². The zero-order valence-corrected chi connectivity index (χ0v) is 11.5. The molecular weight excluding hydrogens is 232 g/mol. The van der Waals surface area contributed by atoms with Gasteiger partial charge in [0.05, 0.1) is 5.75 Å². The summed E-state index contributed by atoms with van der Waals surface area (Å²) >= 11 is 1.60. The van der Waals surface area contributed by atoms with Crippen LogP contribution in [0.25, 0.3) is 0 Å². The van der Waals surface area contributed by atoms with Crippen molar-refractivity contribution >= 4 is 17.7 Å². The molecule has 0 bridgehead atoms. The molecule has 1 atom stereocenters. The number of rotatable bonds is 7. The highest BCUT2D eigenvalue weighted by Crippen LogP contribution is 2.19. The first-order valence-electron chi connectivity index (χ1n) is 6.46. The summed E-state index contributed by atoms with van der Waals surface area (Å²) in [6.45, 7) is 2.74. The zero-order chi connectivity index (χ0) is 12.5. The first-order valence-corrected chi connectivity index (χ1v) is 7.62. The summed E-state index contributed by atoms with van der Waals surface area (Å²) in [7, 11) is 0. The number of allylic oxidation sites excluding steroid dienone is 1. The smallest absolute Gasteiger partial charge is 0.230 e. The van der Waals surface area contributed by atoms with Gasteiger partial charge in [0.2, 0.25) is 5.91 Å². The van der Waals surface area contributed by atoms with Crippen LogP contribution in [0.3, 0.4) is 0 Å². The molecule has 0 aliphatic heterocycles. The molecule has 0 saturated heterocycles. The number of amides is 1. The van der Waals surface area contributed by atoms with Crippen LogP contribution in [0.1, 0.15) is 39.0 Å². The molecule has 1 unspecified atom stereocenters. The molecule has 0 fully saturated rings. The average molecular weight is 256 g/mol. The highest BCUT2D eigenvalue weighted by molar-refractivity contribution is 7.99. The average Bonchev–Trinajstić information content (AvgIpc) is 2.30. The van der Waals surface area contributed by atoms with Gasteiger partial charge in [-0.2, -0.15) is 11.8 Å². The van der Waals surface area contributed by atoms with Gasteiger partial charge in [-0.15, -0.1) is 0 Å². The lowest BCUT2D eigenvalue weighted by molar-refractivity contribution is -0.118. The van der Waals surface area contributed by atoms with E-state index in [1.165, 1.54) is 31.3 Å². The van der Waals surface area contributed by atoms with Crippen molar-refractivity contribution in [3.63, 3.8) is 0 Å². The predicted molar refractivity (Wildman–Crippen MR) is 75.2 cm³/mol. The van der Waals surface area contributed by atoms with E-state index in [0.29, 0.717) is 5.75 Å². The molecule has 1 rings (SSSR count). The van der Waals surface area contributed by atoms with Crippen LogP contribution < -0.4 is 11.1 Å². The second-order valence-corrected chi connectivity index (χ2v) is 5.73. The molecular formula is C13H24N2OS. The lowest BCUT2D eigenvalue weighted by Crippen LogP contribution is -2.27. The fourth-order valence-electron chi connectivity index (χ4n) is 1.88. The van der Waals surface area contributed by atoms with Crippen molar-refractivity contribution in [1.82, 2.24) is 5.32 Å². The summed E-state index contributed by atoms with van der Waals surface area (Å²) in [6, 6.07) is 0.167. The summed E-state index contributed by atoms with van der Waals surface area (Å²) in [4.78, 5) is 11.5. The van der Waals surface area contributed by atoms with E-state index >= 15 is 0 Å². The van der Waals surface area contributed by atoms with Crippen LogP contribution in [-0.2, 0) is 4.79 Å². The van der Waals surface area contributed by atoms with Crippen molar-refractivity contribution in [2.45, 2.75) is 45.1 Å². The Morgan fingerprint density at radius 2 is 2.41 bits per heavy atom. The Morgan fingerprint density at radius 1 is 1.59 bits per heavy atom. The van der Waals surface area contributed by atoms with E-state index in [1.54, 1.807) is 11.8 Å². The van der Waals surface area contributed by atoms with Crippen molar-refractivity contribution < 1.29 is 4.79 Å². The molecule has 0 aromatic heterocycles. The number of hydrogen-bond acceptors (Lipinski definition) is 3. The van der Waals surface area contributed by atoms with Crippen LogP contribution in [0.2, 0.25) is 0 Å². The van der Waals surface area contributed by atoms with Gasteiger partial charge < -0.3 is 11.1 Å². The molecule has 17 heavy (non-hydrogen) atoms. The Labute approximate surface area is 109 Å². The van der Waals surface area contributed by atoms with E-state index in [4.69, 9.17) is 5.73 Å². The summed E-state index contributed by atoms with van der Waals surface area (Å²) in [6.07, 6.45) is 8.42. The summed E-state index contributed by atoms with van der Waals surface area (Å²) < 4.78 is 0. The maximum atomic E-state index is 11.5. The molecule has 0 aromatic carbocycles. The molecule has 1 amide bonds. The number of carbonyl (C=O) groups excluding carboxylic acids is 1. The second kappa shape index (κ2) is 8.59. The van der Waals surface area contributed by atoms with E-state index in [0.717, 1.165) is 18.7 Å². The third kappa shape index (κ3) is 7.45. The largest absolute Gasteiger partial charge is 0.355 e. The number of hydrogen-bond donors (Lipinski definition) is 2. The van der Waals surface area contributed by atoms with Gasteiger partial charge in [-0.1, -0.05) is 11.6 Å². The Morgan fingerprint density at radius 3 is 3.06 bits per heavy atom. The molecule has 4 heteroatoms. The van der Waals surface area contributed by atoms with Gasteiger partial charge in [0.25, 0.3) is 0 Å². The number of thioether (sulfide) groups is 1. The molecule has 98 valence electrons. The summed E-state index contributed by atoms with van der Waals surface area (Å²) in [5.41, 5.74) is 7.13. The minimum Gasteiger partial charge on any atom is -0.355 e. The lowest BCUT2D eigenvalue weighted by atomic mass is 9.97. The van der Waals surface area contributed by atoms with Crippen molar-refractivity contribution in [1.29, 1.82) is 0 Å². The maximum absolute atomic E-state index is 11.5. The van der Waals surface area contributed by atoms with E-state index in [1.807, 2.05) is 6.92 Å². The van der Waals surface area contributed by atoms with Crippen LogP contribution in [-0.4, -0.2) is 30.0 Å². The van der Waals surface area contributed by atoms with Crippen molar-refractivity contribution in [3.8, 4) is 0 Å². The van der Waals surface area contributed by atoms with Gasteiger partial charge in [-0.05, 0) is 39.0 Å². The van der Waals surface area contributed by atoms with Crippen LogP contribution in [0.15, 0.2) is 11.6 Å². The van der Waals surface area contributed by atoms with Gasteiger partial charge in [0.1, 0.15) is 0 Å². The highest BCUT2D eigenvalue weighted by Gasteiger charge is 2.05. The fraction of sp³-hybridized carbons (Fsp3) is 0.769. The van der Waals surface area contributed by atoms with Crippen LogP contribution in [0.4, 0.5) is 0 Å². The van der Waals surface area contributed by atoms with Crippen LogP contribution >= 0.6 is 11.8 Å². The second-order valence-electron chi connectivity index (χ2n) is 4.70. The topological polar surface area (TPSA) is 55.1 Å². The van der Waals surface area contributed by atoms with E-state index < -0.39 is 0 Å². The third-order valence-electron chi connectivity index (χ3n) is 2.77. The van der Waals surface area contributed by atoms with Crippen molar-refractivity contribution in [2.24, 2.45) is 5.73 Å². The van der Waals surface area contributed by atoms with E-state index in [2.05, 4.69) is 11.4 Å². The first kappa shape index (κ1) is 14.6. The Bertz CT molecular complexity index is 264. The van der Waals surface area contributed by atoms with E-state index in [9.17, 15) is 4.79 Å². The van der Waals surface area contributed by atoms with Gasteiger partial charge in [-0.3, -0.25) is 4.79 Å². The standard InChI is InChI=1S/C13H24N2OS/c1-11(14)9-17-10-13(16)15-8-7-12-5-3-2-4-6-12/h5,11H,2-4,6-10,14H2,1H3,(H,15,16). The molecule has 0 radical (unpaired) electrons. The maximum Gasteiger partial charge on any atom is 0.230 e. The highest BCUT2D eigenvalue weighted by atomic mass is 32.2. The third-order valence-corrected chi connectivity index (χ3v) is 4.00. The van der Waals surface area contributed by atoms with Crippen molar-refractivity contribution in [3.05, 3.63) is 11.6 Å². The molecule has 1 aliphatic carbocycles. The van der Waals surface area contributed by atoms with E-state index in [-0.39, 0.29) is 11.9 Å². The Balaban J connectivity index is 2.01. The molecule has 1 aliphatic rings. The summed E-state index contributed by atoms with van der Waals surface area (Å²) in [5, 5.41) is 2.96. The van der Waals surface area contributed by atoms with Crippen molar-refractivity contribution in [2.75, 3.05) is 18.1 Å². The Hall–Kier alpha value is -0.480. The zero-order valence-electron chi connectivity index (χ0n) is 10.7. The predicted octanol–water partition coefficient (Wildman–Crippen LogP) is 2.07. The summed E-state index contributed by atoms with van der Waals surface area (Å²) in [5.74, 6) is 1.51. The fourth-order valence-corrected chi connectivity index (χ4v) is 2.66.